The lowest BCUT2D eigenvalue weighted by Crippen LogP contribution is -2.27. The van der Waals surface area contributed by atoms with Gasteiger partial charge in [-0.05, 0) is 26.8 Å². The Morgan fingerprint density at radius 1 is 1.26 bits per heavy atom. The van der Waals surface area contributed by atoms with Gasteiger partial charge in [0.05, 0.1) is 5.69 Å². The van der Waals surface area contributed by atoms with Crippen LogP contribution in [0.1, 0.15) is 26.5 Å². The second-order valence-corrected chi connectivity index (χ2v) is 5.41. The predicted octanol–water partition coefficient (Wildman–Crippen LogP) is 4.09. The molecule has 0 unspecified atom stereocenters. The molecule has 0 saturated heterocycles. The van der Waals surface area contributed by atoms with E-state index in [1.807, 2.05) is 0 Å². The van der Waals surface area contributed by atoms with E-state index >= 15 is 0 Å². The molecule has 0 saturated carbocycles. The Hall–Kier alpha value is -2.13. The number of alkyl halides is 5. The predicted molar refractivity (Wildman–Crippen MR) is 70.6 cm³/mol. The molecule has 1 heterocycles. The van der Waals surface area contributed by atoms with E-state index in [9.17, 15) is 26.7 Å². The fourth-order valence-corrected chi connectivity index (χ4v) is 1.37. The van der Waals surface area contributed by atoms with E-state index < -0.39 is 42.5 Å². The van der Waals surface area contributed by atoms with Crippen molar-refractivity contribution in [3.05, 3.63) is 17.8 Å². The minimum Gasteiger partial charge on any atom is -0.472 e. The first kappa shape index (κ1) is 18.9. The average molecular weight is 342 g/mol. The number of pyridine rings is 1. The third-order valence-corrected chi connectivity index (χ3v) is 2.09. The first-order valence-corrected chi connectivity index (χ1v) is 6.37. The smallest absolute Gasteiger partial charge is 0.433 e. The highest BCUT2D eigenvalue weighted by Crippen LogP contribution is 2.31. The van der Waals surface area contributed by atoms with Gasteiger partial charge in [-0.3, -0.25) is 5.32 Å². The number of carbonyl (C=O) groups is 1. The van der Waals surface area contributed by atoms with Crippen LogP contribution in [0.5, 0.6) is 5.88 Å². The van der Waals surface area contributed by atoms with Gasteiger partial charge in [-0.25, -0.2) is 18.6 Å². The van der Waals surface area contributed by atoms with Gasteiger partial charge in [-0.15, -0.1) is 0 Å². The lowest BCUT2D eigenvalue weighted by Gasteiger charge is -2.20. The Kier molecular flexibility index (Phi) is 5.73. The highest BCUT2D eigenvalue weighted by molar-refractivity contribution is 5.85. The van der Waals surface area contributed by atoms with Gasteiger partial charge in [0.25, 0.3) is 6.43 Å². The van der Waals surface area contributed by atoms with Crippen LogP contribution >= 0.6 is 0 Å². The van der Waals surface area contributed by atoms with Gasteiger partial charge in [-0.2, -0.15) is 13.2 Å². The van der Waals surface area contributed by atoms with E-state index in [-0.39, 0.29) is 5.69 Å². The van der Waals surface area contributed by atoms with Crippen LogP contribution in [0.15, 0.2) is 12.1 Å². The molecule has 1 N–H and O–H groups in total. The van der Waals surface area contributed by atoms with Crippen molar-refractivity contribution in [3.8, 4) is 5.88 Å². The number of nitrogens with zero attached hydrogens (tertiary/aromatic N) is 1. The van der Waals surface area contributed by atoms with Crippen molar-refractivity contribution in [1.29, 1.82) is 0 Å². The highest BCUT2D eigenvalue weighted by Gasteiger charge is 2.34. The summed E-state index contributed by atoms with van der Waals surface area (Å²) in [5, 5.41) is 2.07. The highest BCUT2D eigenvalue weighted by atomic mass is 19.4. The van der Waals surface area contributed by atoms with Gasteiger partial charge >= 0.3 is 12.3 Å². The molecule has 1 aromatic heterocycles. The third-order valence-electron chi connectivity index (χ3n) is 2.09. The Balaban J connectivity index is 3.01. The number of aromatic nitrogens is 1. The molecule has 5 nitrogen and oxygen atoms in total. The summed E-state index contributed by atoms with van der Waals surface area (Å²) in [7, 11) is 0. The number of halogens is 5. The van der Waals surface area contributed by atoms with Crippen LogP contribution in [0.2, 0.25) is 0 Å². The van der Waals surface area contributed by atoms with Crippen LogP contribution in [0.4, 0.5) is 32.4 Å². The number of hydrogen-bond acceptors (Lipinski definition) is 4. The molecule has 0 aliphatic carbocycles. The average Bonchev–Trinajstić information content (AvgIpc) is 2.32. The zero-order valence-corrected chi connectivity index (χ0v) is 12.5. The first-order chi connectivity index (χ1) is 10.4. The maximum Gasteiger partial charge on any atom is 0.433 e. The Morgan fingerprint density at radius 3 is 2.35 bits per heavy atom. The number of anilines is 1. The molecule has 0 fully saturated rings. The fourth-order valence-electron chi connectivity index (χ4n) is 1.37. The summed E-state index contributed by atoms with van der Waals surface area (Å²) in [6, 6.07) is 1.43. The SMILES string of the molecule is CC(C)(C)OC(=O)Nc1cc(OCC(F)F)nc(C(F)(F)F)c1. The van der Waals surface area contributed by atoms with Crippen molar-refractivity contribution < 1.29 is 36.2 Å². The van der Waals surface area contributed by atoms with Crippen molar-refractivity contribution in [2.45, 2.75) is 39.0 Å². The molecule has 1 amide bonds. The standard InChI is InChI=1S/C13H15F5N2O3/c1-12(2,3)23-11(21)19-7-4-8(13(16,17)18)20-10(5-7)22-6-9(14)15/h4-5,9H,6H2,1-3H3,(H,19,20,21). The maximum atomic E-state index is 12.7. The van der Waals surface area contributed by atoms with Crippen LogP contribution in [0, 0.1) is 0 Å². The molecule has 1 aromatic rings. The van der Waals surface area contributed by atoms with Crippen LogP contribution in [-0.2, 0) is 10.9 Å². The summed E-state index contributed by atoms with van der Waals surface area (Å²) < 4.78 is 71.8. The van der Waals surface area contributed by atoms with Gasteiger partial charge in [0.1, 0.15) is 5.60 Å². The molecule has 0 bridgehead atoms. The van der Waals surface area contributed by atoms with Crippen molar-refractivity contribution in [1.82, 2.24) is 4.98 Å². The zero-order chi connectivity index (χ0) is 17.8. The van der Waals surface area contributed by atoms with Crippen LogP contribution in [0.25, 0.3) is 0 Å². The topological polar surface area (TPSA) is 60.5 Å². The van der Waals surface area contributed by atoms with Crippen LogP contribution < -0.4 is 10.1 Å². The number of nitrogens with one attached hydrogen (secondary N) is 1. The van der Waals surface area contributed by atoms with E-state index in [4.69, 9.17) is 4.74 Å². The second kappa shape index (κ2) is 6.97. The second-order valence-electron chi connectivity index (χ2n) is 5.41. The molecule has 10 heteroatoms. The summed E-state index contributed by atoms with van der Waals surface area (Å²) in [6.07, 6.45) is -8.72. The summed E-state index contributed by atoms with van der Waals surface area (Å²) >= 11 is 0. The van der Waals surface area contributed by atoms with E-state index in [0.717, 1.165) is 6.07 Å². The van der Waals surface area contributed by atoms with E-state index in [2.05, 4.69) is 15.0 Å². The monoisotopic (exact) mass is 342 g/mol. The number of ether oxygens (including phenoxy) is 2. The number of carbonyl (C=O) groups excluding carboxylic acids is 1. The summed E-state index contributed by atoms with van der Waals surface area (Å²) in [4.78, 5) is 14.7. The molecule has 0 spiro atoms. The fraction of sp³-hybridized carbons (Fsp3) is 0.538. The van der Waals surface area contributed by atoms with Gasteiger partial charge < -0.3 is 9.47 Å². The lowest BCUT2D eigenvalue weighted by atomic mass is 10.2. The van der Waals surface area contributed by atoms with Crippen LogP contribution in [0.3, 0.4) is 0 Å². The molecule has 0 atom stereocenters. The van der Waals surface area contributed by atoms with Gasteiger partial charge in [0.2, 0.25) is 5.88 Å². The van der Waals surface area contributed by atoms with E-state index in [0.29, 0.717) is 6.07 Å². The summed E-state index contributed by atoms with van der Waals surface area (Å²) in [5.41, 5.74) is -2.60. The van der Waals surface area contributed by atoms with Gasteiger partial charge in [0, 0.05) is 6.07 Å². The van der Waals surface area contributed by atoms with Crippen molar-refractivity contribution in [2.24, 2.45) is 0 Å². The molecular weight excluding hydrogens is 327 g/mol. The molecular formula is C13H15F5N2O3. The first-order valence-electron chi connectivity index (χ1n) is 6.37. The van der Waals surface area contributed by atoms with Crippen molar-refractivity contribution in [2.75, 3.05) is 11.9 Å². The summed E-state index contributed by atoms with van der Waals surface area (Å²) in [6.45, 7) is 3.58. The summed E-state index contributed by atoms with van der Waals surface area (Å²) in [5.74, 6) is -0.689. The maximum absolute atomic E-state index is 12.7. The largest absolute Gasteiger partial charge is 0.472 e. The number of amides is 1. The molecule has 0 radical (unpaired) electrons. The molecule has 0 aliphatic heterocycles. The Labute approximate surface area is 128 Å². The quantitative estimate of drug-likeness (QED) is 0.837. The Bertz CT molecular complexity index is 556. The van der Waals surface area contributed by atoms with Crippen LogP contribution in [-0.4, -0.2) is 29.7 Å². The minimum absolute atomic E-state index is 0.342. The molecule has 130 valence electrons. The minimum atomic E-state index is -4.84. The Morgan fingerprint density at radius 2 is 1.87 bits per heavy atom. The third kappa shape index (κ3) is 7.11. The number of hydrogen-bond donors (Lipinski definition) is 1. The molecule has 0 aromatic carbocycles. The lowest BCUT2D eigenvalue weighted by molar-refractivity contribution is -0.141. The van der Waals surface area contributed by atoms with Crippen molar-refractivity contribution in [3.63, 3.8) is 0 Å². The van der Waals surface area contributed by atoms with E-state index in [1.54, 1.807) is 20.8 Å². The zero-order valence-electron chi connectivity index (χ0n) is 12.5. The molecule has 1 rings (SSSR count). The molecule has 23 heavy (non-hydrogen) atoms. The van der Waals surface area contributed by atoms with Crippen molar-refractivity contribution >= 4 is 11.8 Å². The van der Waals surface area contributed by atoms with E-state index in [1.165, 1.54) is 0 Å². The van der Waals surface area contributed by atoms with Gasteiger partial charge in [-0.1, -0.05) is 0 Å². The van der Waals surface area contributed by atoms with Gasteiger partial charge in [0.15, 0.2) is 12.3 Å². The molecule has 0 aliphatic rings. The normalized spacial score (nSPS) is 12.2. The number of rotatable bonds is 4.